The summed E-state index contributed by atoms with van der Waals surface area (Å²) in [6.07, 6.45) is 3.71. The molecule has 1 saturated carbocycles. The number of nitrogens with zero attached hydrogens (tertiary/aromatic N) is 1. The summed E-state index contributed by atoms with van der Waals surface area (Å²) >= 11 is 0. The first-order valence-electron chi connectivity index (χ1n) is 9.86. The SMILES string of the molecule is Cc1cc(CC(=O)C2CCC(CS(=O)(=O)C(C)C)CC2)c2ccccc2n1. The van der Waals surface area contributed by atoms with E-state index in [1.54, 1.807) is 13.8 Å². The van der Waals surface area contributed by atoms with Crippen LogP contribution >= 0.6 is 0 Å². The molecule has 0 unspecified atom stereocenters. The van der Waals surface area contributed by atoms with Crippen LogP contribution in [0.25, 0.3) is 10.9 Å². The summed E-state index contributed by atoms with van der Waals surface area (Å²) in [5, 5.41) is 0.730. The van der Waals surface area contributed by atoms with Crippen molar-refractivity contribution in [2.45, 2.75) is 58.1 Å². The maximum absolute atomic E-state index is 12.9. The van der Waals surface area contributed by atoms with Gasteiger partial charge in [-0.3, -0.25) is 9.78 Å². The number of ketones is 1. The molecular formula is C22H29NO3S. The minimum atomic E-state index is -3.01. The summed E-state index contributed by atoms with van der Waals surface area (Å²) in [6, 6.07) is 9.97. The van der Waals surface area contributed by atoms with Crippen molar-refractivity contribution in [2.75, 3.05) is 5.75 Å². The van der Waals surface area contributed by atoms with Crippen LogP contribution < -0.4 is 0 Å². The number of Topliss-reactive ketones (excluding diaryl/α,β-unsaturated/α-hetero) is 1. The van der Waals surface area contributed by atoms with Gasteiger partial charge in [-0.25, -0.2) is 8.42 Å². The van der Waals surface area contributed by atoms with Crippen molar-refractivity contribution in [1.82, 2.24) is 4.98 Å². The van der Waals surface area contributed by atoms with Crippen LogP contribution in [0.3, 0.4) is 0 Å². The molecule has 1 aliphatic carbocycles. The molecular weight excluding hydrogens is 358 g/mol. The molecule has 1 aliphatic rings. The number of rotatable bonds is 6. The van der Waals surface area contributed by atoms with Crippen molar-refractivity contribution in [3.05, 3.63) is 41.6 Å². The van der Waals surface area contributed by atoms with E-state index in [-0.39, 0.29) is 28.6 Å². The van der Waals surface area contributed by atoms with Crippen molar-refractivity contribution in [3.8, 4) is 0 Å². The first-order chi connectivity index (χ1) is 12.8. The van der Waals surface area contributed by atoms with E-state index in [4.69, 9.17) is 0 Å². The molecule has 27 heavy (non-hydrogen) atoms. The van der Waals surface area contributed by atoms with Crippen molar-refractivity contribution in [2.24, 2.45) is 11.8 Å². The third kappa shape index (κ3) is 4.75. The van der Waals surface area contributed by atoms with Crippen LogP contribution in [0.2, 0.25) is 0 Å². The minimum Gasteiger partial charge on any atom is -0.299 e. The van der Waals surface area contributed by atoms with Gasteiger partial charge < -0.3 is 0 Å². The quantitative estimate of drug-likeness (QED) is 0.742. The van der Waals surface area contributed by atoms with Crippen molar-refractivity contribution in [3.63, 3.8) is 0 Å². The molecule has 0 N–H and O–H groups in total. The fourth-order valence-corrected chi connectivity index (χ4v) is 5.42. The zero-order chi connectivity index (χ0) is 19.6. The lowest BCUT2D eigenvalue weighted by Gasteiger charge is -2.28. The molecule has 0 saturated heterocycles. The van der Waals surface area contributed by atoms with Gasteiger partial charge in [-0.05, 0) is 70.1 Å². The van der Waals surface area contributed by atoms with Gasteiger partial charge in [0.15, 0.2) is 9.84 Å². The second-order valence-corrected chi connectivity index (χ2v) is 10.8. The number of carbonyl (C=O) groups is 1. The Labute approximate surface area is 162 Å². The summed E-state index contributed by atoms with van der Waals surface area (Å²) in [6.45, 7) is 5.44. The van der Waals surface area contributed by atoms with Gasteiger partial charge in [0.05, 0.1) is 16.5 Å². The third-order valence-corrected chi connectivity index (χ3v) is 8.16. The van der Waals surface area contributed by atoms with Crippen LogP contribution in [0.5, 0.6) is 0 Å². The van der Waals surface area contributed by atoms with E-state index in [9.17, 15) is 13.2 Å². The third-order valence-electron chi connectivity index (χ3n) is 5.78. The van der Waals surface area contributed by atoms with Gasteiger partial charge in [0.2, 0.25) is 0 Å². The highest BCUT2D eigenvalue weighted by atomic mass is 32.2. The number of hydrogen-bond donors (Lipinski definition) is 0. The van der Waals surface area contributed by atoms with Gasteiger partial charge >= 0.3 is 0 Å². The lowest BCUT2D eigenvalue weighted by molar-refractivity contribution is -0.123. The largest absolute Gasteiger partial charge is 0.299 e. The maximum Gasteiger partial charge on any atom is 0.152 e. The predicted molar refractivity (Wildman–Crippen MR) is 110 cm³/mol. The molecule has 0 atom stereocenters. The monoisotopic (exact) mass is 387 g/mol. The number of fused-ring (bicyclic) bond motifs is 1. The van der Waals surface area contributed by atoms with E-state index in [0.717, 1.165) is 47.8 Å². The summed E-state index contributed by atoms with van der Waals surface area (Å²) < 4.78 is 24.3. The maximum atomic E-state index is 12.9. The van der Waals surface area contributed by atoms with Gasteiger partial charge in [0, 0.05) is 23.4 Å². The van der Waals surface area contributed by atoms with Gasteiger partial charge in [0.1, 0.15) is 5.78 Å². The number of aryl methyl sites for hydroxylation is 1. The van der Waals surface area contributed by atoms with Crippen molar-refractivity contribution >= 4 is 26.5 Å². The van der Waals surface area contributed by atoms with Crippen LogP contribution in [0.4, 0.5) is 0 Å². The number of pyridine rings is 1. The number of hydrogen-bond acceptors (Lipinski definition) is 4. The Balaban J connectivity index is 1.64. The number of aromatic nitrogens is 1. The van der Waals surface area contributed by atoms with E-state index in [1.165, 1.54) is 0 Å². The minimum absolute atomic E-state index is 0.0511. The van der Waals surface area contributed by atoms with Crippen LogP contribution in [0.15, 0.2) is 30.3 Å². The standard InChI is InChI=1S/C22H29NO3S/c1-15(2)27(25,26)14-17-8-10-18(11-9-17)22(24)13-19-12-16(3)23-21-7-5-4-6-20(19)21/h4-7,12,15,17-18H,8-11,13-14H2,1-3H3. The zero-order valence-electron chi connectivity index (χ0n) is 16.4. The summed E-state index contributed by atoms with van der Waals surface area (Å²) in [7, 11) is -3.01. The van der Waals surface area contributed by atoms with E-state index in [0.29, 0.717) is 6.42 Å². The van der Waals surface area contributed by atoms with Crippen LogP contribution in [-0.2, 0) is 21.1 Å². The zero-order valence-corrected chi connectivity index (χ0v) is 17.3. The Bertz CT molecular complexity index is 926. The molecule has 0 spiro atoms. The molecule has 0 bridgehead atoms. The first kappa shape index (κ1) is 20.0. The Morgan fingerprint density at radius 1 is 1.15 bits per heavy atom. The lowest BCUT2D eigenvalue weighted by Crippen LogP contribution is -2.29. The number of sulfone groups is 1. The Hall–Kier alpha value is -1.75. The van der Waals surface area contributed by atoms with Crippen molar-refractivity contribution < 1.29 is 13.2 Å². The fourth-order valence-electron chi connectivity index (χ4n) is 4.05. The average molecular weight is 388 g/mol. The van der Waals surface area contributed by atoms with Gasteiger partial charge in [-0.2, -0.15) is 0 Å². The number of carbonyl (C=O) groups excluding carboxylic acids is 1. The van der Waals surface area contributed by atoms with E-state index in [2.05, 4.69) is 4.98 Å². The van der Waals surface area contributed by atoms with Gasteiger partial charge in [-0.15, -0.1) is 0 Å². The summed E-state index contributed by atoms with van der Waals surface area (Å²) in [5.74, 6) is 0.788. The molecule has 5 heteroatoms. The molecule has 0 radical (unpaired) electrons. The average Bonchev–Trinajstić information content (AvgIpc) is 2.61. The Morgan fingerprint density at radius 2 is 1.81 bits per heavy atom. The van der Waals surface area contributed by atoms with E-state index in [1.807, 2.05) is 37.3 Å². The normalized spacial score (nSPS) is 20.9. The van der Waals surface area contributed by atoms with Crippen LogP contribution in [0.1, 0.15) is 50.8 Å². The highest BCUT2D eigenvalue weighted by molar-refractivity contribution is 7.91. The Kier molecular flexibility index (Phi) is 5.99. The first-order valence-corrected chi connectivity index (χ1v) is 11.6. The van der Waals surface area contributed by atoms with Gasteiger partial charge in [-0.1, -0.05) is 18.2 Å². The van der Waals surface area contributed by atoms with Crippen LogP contribution in [0, 0.1) is 18.8 Å². The number of para-hydroxylation sites is 1. The molecule has 3 rings (SSSR count). The molecule has 146 valence electrons. The number of benzene rings is 1. The lowest BCUT2D eigenvalue weighted by atomic mass is 9.79. The molecule has 1 aromatic heterocycles. The van der Waals surface area contributed by atoms with E-state index >= 15 is 0 Å². The highest BCUT2D eigenvalue weighted by Gasteiger charge is 2.30. The molecule has 2 aromatic rings. The van der Waals surface area contributed by atoms with E-state index < -0.39 is 9.84 Å². The second kappa shape index (κ2) is 8.09. The van der Waals surface area contributed by atoms with Crippen LogP contribution in [-0.4, -0.2) is 30.2 Å². The molecule has 4 nitrogen and oxygen atoms in total. The Morgan fingerprint density at radius 3 is 2.48 bits per heavy atom. The smallest absolute Gasteiger partial charge is 0.152 e. The van der Waals surface area contributed by atoms with Crippen molar-refractivity contribution in [1.29, 1.82) is 0 Å². The summed E-state index contributed by atoms with van der Waals surface area (Å²) in [5.41, 5.74) is 2.91. The topological polar surface area (TPSA) is 64.1 Å². The highest BCUT2D eigenvalue weighted by Crippen LogP contribution is 2.32. The predicted octanol–water partition coefficient (Wildman–Crippen LogP) is 4.28. The second-order valence-electron chi connectivity index (χ2n) is 8.18. The molecule has 1 aromatic carbocycles. The molecule has 1 fully saturated rings. The molecule has 0 amide bonds. The van der Waals surface area contributed by atoms with Gasteiger partial charge in [0.25, 0.3) is 0 Å². The molecule has 0 aliphatic heterocycles. The fraction of sp³-hybridized carbons (Fsp3) is 0.545. The molecule has 1 heterocycles. The summed E-state index contributed by atoms with van der Waals surface area (Å²) in [4.78, 5) is 17.4.